The molecule has 0 unspecified atom stereocenters. The maximum atomic E-state index is 10.6. The smallest absolute Gasteiger partial charge is 0.200 e. The normalized spacial score (nSPS) is 29.1. The molecule has 0 bridgehead atoms. The van der Waals surface area contributed by atoms with E-state index in [2.05, 4.69) is 55.4 Å². The Hall–Kier alpha value is 0.137. The molecule has 3 atom stereocenters. The predicted molar refractivity (Wildman–Crippen MR) is 89.6 cm³/mol. The fraction of sp³-hybridized carbons (Fsp3) is 1.00. The van der Waals surface area contributed by atoms with Crippen LogP contribution in [-0.2, 0) is 4.43 Å². The molecule has 0 aliphatic heterocycles. The van der Waals surface area contributed by atoms with Gasteiger partial charge < -0.3 is 9.53 Å². The van der Waals surface area contributed by atoms with Crippen LogP contribution in [0.3, 0.4) is 0 Å². The summed E-state index contributed by atoms with van der Waals surface area (Å²) in [6.07, 6.45) is 3.10. The van der Waals surface area contributed by atoms with Gasteiger partial charge in [0.25, 0.3) is 0 Å². The van der Waals surface area contributed by atoms with E-state index in [0.717, 1.165) is 19.3 Å². The lowest BCUT2D eigenvalue weighted by Crippen LogP contribution is -2.57. The molecule has 1 saturated carbocycles. The number of aliphatic hydroxyl groups is 1. The third kappa shape index (κ3) is 3.00. The molecule has 1 N–H and O–H groups in total. The van der Waals surface area contributed by atoms with Crippen molar-refractivity contribution in [3.63, 3.8) is 0 Å². The van der Waals surface area contributed by atoms with Gasteiger partial charge in [0.05, 0.1) is 5.60 Å². The summed E-state index contributed by atoms with van der Waals surface area (Å²) >= 11 is 0. The molecular formula is C17H36O2Si. The maximum absolute atomic E-state index is 10.6. The molecule has 0 aromatic rings. The van der Waals surface area contributed by atoms with Crippen LogP contribution in [0.25, 0.3) is 0 Å². The first-order valence-corrected chi connectivity index (χ1v) is 10.7. The summed E-state index contributed by atoms with van der Waals surface area (Å²) in [4.78, 5) is 0. The zero-order valence-electron chi connectivity index (χ0n) is 14.9. The van der Waals surface area contributed by atoms with Crippen molar-refractivity contribution in [2.24, 2.45) is 5.92 Å². The summed E-state index contributed by atoms with van der Waals surface area (Å²) in [6, 6.07) is 0. The average molecular weight is 301 g/mol. The van der Waals surface area contributed by atoms with Crippen LogP contribution in [0.1, 0.15) is 74.7 Å². The molecule has 3 heteroatoms. The van der Waals surface area contributed by atoms with Crippen molar-refractivity contribution in [3.05, 3.63) is 0 Å². The largest absolute Gasteiger partial charge is 0.413 e. The Labute approximate surface area is 127 Å². The van der Waals surface area contributed by atoms with Crippen LogP contribution in [0.4, 0.5) is 0 Å². The van der Waals surface area contributed by atoms with Crippen LogP contribution in [0, 0.1) is 5.92 Å². The fourth-order valence-electron chi connectivity index (χ4n) is 4.57. The SMILES string of the molecule is CC[C@@]1(O)CC[C@@H]1[C@@H](C)O[Si](C(C)C)(C(C)C)C(C)C. The Morgan fingerprint density at radius 2 is 1.50 bits per heavy atom. The van der Waals surface area contributed by atoms with Crippen LogP contribution in [0.2, 0.25) is 16.6 Å². The van der Waals surface area contributed by atoms with Crippen molar-refractivity contribution in [3.8, 4) is 0 Å². The van der Waals surface area contributed by atoms with Crippen LogP contribution < -0.4 is 0 Å². The van der Waals surface area contributed by atoms with Gasteiger partial charge in [-0.1, -0.05) is 48.5 Å². The van der Waals surface area contributed by atoms with Crippen molar-refractivity contribution < 1.29 is 9.53 Å². The first kappa shape index (κ1) is 18.2. The lowest BCUT2D eigenvalue weighted by molar-refractivity contribution is -0.134. The molecule has 1 rings (SSSR count). The summed E-state index contributed by atoms with van der Waals surface area (Å²) in [5.41, 5.74) is 1.36. The fourth-order valence-corrected chi connectivity index (χ4v) is 10.2. The highest BCUT2D eigenvalue weighted by Crippen LogP contribution is 2.48. The van der Waals surface area contributed by atoms with Crippen molar-refractivity contribution in [2.45, 2.75) is 103 Å². The van der Waals surface area contributed by atoms with Gasteiger partial charge in [0.1, 0.15) is 0 Å². The Morgan fingerprint density at radius 3 is 1.75 bits per heavy atom. The lowest BCUT2D eigenvalue weighted by atomic mass is 9.66. The second-order valence-electron chi connectivity index (χ2n) is 7.74. The van der Waals surface area contributed by atoms with E-state index in [1.165, 1.54) is 0 Å². The minimum Gasteiger partial charge on any atom is -0.413 e. The number of hydrogen-bond acceptors (Lipinski definition) is 2. The standard InChI is InChI=1S/C17H36O2Si/c1-9-17(18)11-10-16(17)15(8)19-20(12(2)3,13(4)5)14(6)7/h12-16,18H,9-11H2,1-8H3/t15-,16-,17-/m1/s1. The third-order valence-electron chi connectivity index (χ3n) is 5.85. The van der Waals surface area contributed by atoms with E-state index in [1.54, 1.807) is 0 Å². The first-order valence-electron chi connectivity index (χ1n) is 8.52. The van der Waals surface area contributed by atoms with E-state index in [9.17, 15) is 5.11 Å². The highest BCUT2D eigenvalue weighted by Gasteiger charge is 2.51. The van der Waals surface area contributed by atoms with E-state index < -0.39 is 13.9 Å². The Balaban J connectivity index is 2.91. The van der Waals surface area contributed by atoms with Crippen LogP contribution in [0.5, 0.6) is 0 Å². The zero-order chi connectivity index (χ0) is 15.7. The van der Waals surface area contributed by atoms with Gasteiger partial charge in [0, 0.05) is 12.0 Å². The minimum atomic E-state index is -1.82. The monoisotopic (exact) mass is 300 g/mol. The molecule has 1 fully saturated rings. The lowest BCUT2D eigenvalue weighted by Gasteiger charge is -2.52. The molecule has 0 amide bonds. The summed E-state index contributed by atoms with van der Waals surface area (Å²) < 4.78 is 6.80. The molecular weight excluding hydrogens is 264 g/mol. The molecule has 0 aromatic carbocycles. The van der Waals surface area contributed by atoms with Gasteiger partial charge in [-0.15, -0.1) is 0 Å². The zero-order valence-corrected chi connectivity index (χ0v) is 15.9. The number of hydrogen-bond donors (Lipinski definition) is 1. The Morgan fingerprint density at radius 1 is 1.05 bits per heavy atom. The quantitative estimate of drug-likeness (QED) is 0.661. The van der Waals surface area contributed by atoms with Crippen molar-refractivity contribution >= 4 is 8.32 Å². The highest BCUT2D eigenvalue weighted by atomic mass is 28.4. The molecule has 0 saturated heterocycles. The van der Waals surface area contributed by atoms with E-state index in [0.29, 0.717) is 22.5 Å². The molecule has 2 nitrogen and oxygen atoms in total. The van der Waals surface area contributed by atoms with E-state index in [4.69, 9.17) is 4.43 Å². The second-order valence-corrected chi connectivity index (χ2v) is 13.1. The van der Waals surface area contributed by atoms with Gasteiger partial charge in [-0.2, -0.15) is 0 Å². The minimum absolute atomic E-state index is 0.188. The molecule has 0 spiro atoms. The van der Waals surface area contributed by atoms with Crippen molar-refractivity contribution in [2.75, 3.05) is 0 Å². The van der Waals surface area contributed by atoms with E-state index in [1.807, 2.05) is 0 Å². The van der Waals surface area contributed by atoms with Crippen LogP contribution >= 0.6 is 0 Å². The van der Waals surface area contributed by atoms with Gasteiger partial charge in [-0.3, -0.25) is 0 Å². The third-order valence-corrected chi connectivity index (χ3v) is 12.0. The molecule has 1 aliphatic rings. The first-order chi connectivity index (χ1) is 9.11. The Kier molecular flexibility index (Phi) is 5.90. The molecule has 20 heavy (non-hydrogen) atoms. The summed E-state index contributed by atoms with van der Waals surface area (Å²) in [5.74, 6) is 0.329. The van der Waals surface area contributed by atoms with Gasteiger partial charge in [-0.05, 0) is 42.8 Å². The van der Waals surface area contributed by atoms with Gasteiger partial charge in [-0.25, -0.2) is 0 Å². The average Bonchev–Trinajstić information content (AvgIpc) is 2.32. The highest BCUT2D eigenvalue weighted by molar-refractivity contribution is 6.77. The predicted octanol–water partition coefficient (Wildman–Crippen LogP) is 5.12. The second kappa shape index (κ2) is 6.49. The van der Waals surface area contributed by atoms with Gasteiger partial charge in [0.15, 0.2) is 0 Å². The molecule has 0 radical (unpaired) electrons. The van der Waals surface area contributed by atoms with Crippen molar-refractivity contribution in [1.29, 1.82) is 0 Å². The Bertz CT molecular complexity index is 288. The van der Waals surface area contributed by atoms with Crippen LogP contribution in [0.15, 0.2) is 0 Å². The molecule has 0 aromatic heterocycles. The van der Waals surface area contributed by atoms with Gasteiger partial charge in [0.2, 0.25) is 8.32 Å². The van der Waals surface area contributed by atoms with Gasteiger partial charge >= 0.3 is 0 Å². The summed E-state index contributed by atoms with van der Waals surface area (Å²) in [6.45, 7) is 18.2. The topological polar surface area (TPSA) is 29.5 Å². The molecule has 1 aliphatic carbocycles. The van der Waals surface area contributed by atoms with E-state index >= 15 is 0 Å². The van der Waals surface area contributed by atoms with Crippen LogP contribution in [-0.4, -0.2) is 25.1 Å². The molecule has 120 valence electrons. The van der Waals surface area contributed by atoms with E-state index in [-0.39, 0.29) is 6.10 Å². The summed E-state index contributed by atoms with van der Waals surface area (Å²) in [7, 11) is -1.82. The maximum Gasteiger partial charge on any atom is 0.200 e. The molecule has 0 heterocycles. The van der Waals surface area contributed by atoms with Crippen molar-refractivity contribution in [1.82, 2.24) is 0 Å². The number of rotatable bonds is 7. The summed E-state index contributed by atoms with van der Waals surface area (Å²) in [5, 5.41) is 10.6.